The molecular weight excluding hydrogens is 188 g/mol. The molecule has 0 spiro atoms. The normalized spacial score (nSPS) is 9.92. The van der Waals surface area contributed by atoms with E-state index < -0.39 is 0 Å². The van der Waals surface area contributed by atoms with Gasteiger partial charge in [0.1, 0.15) is 0 Å². The first-order valence-electron chi connectivity index (χ1n) is 3.29. The van der Waals surface area contributed by atoms with Gasteiger partial charge in [-0.1, -0.05) is 0 Å². The zero-order chi connectivity index (χ0) is 8.55. The summed E-state index contributed by atoms with van der Waals surface area (Å²) in [6, 6.07) is 3.85. The Morgan fingerprint density at radius 1 is 1.50 bits per heavy atom. The first kappa shape index (κ1) is 7.53. The minimum Gasteiger partial charge on any atom is -0.278 e. The maximum absolute atomic E-state index is 11.1. The van der Waals surface area contributed by atoms with Crippen molar-refractivity contribution in [2.75, 3.05) is 0 Å². The molecule has 0 amide bonds. The first-order chi connectivity index (χ1) is 5.81. The molecule has 0 unspecified atom stereocenters. The van der Waals surface area contributed by atoms with Gasteiger partial charge in [-0.15, -0.1) is 29.1 Å². The molecule has 0 saturated heterocycles. The van der Waals surface area contributed by atoms with E-state index in [-0.39, 0.29) is 5.78 Å². The predicted octanol–water partition coefficient (Wildman–Crippen LogP) is 2.78. The maximum Gasteiger partial charge on any atom is 0.245 e. The molecule has 0 N–H and O–H groups in total. The molecular formula is C9H4OS2. The third-order valence-electron chi connectivity index (χ3n) is 1.49. The van der Waals surface area contributed by atoms with Crippen LogP contribution in [0.3, 0.4) is 0 Å². The van der Waals surface area contributed by atoms with Crippen molar-refractivity contribution < 1.29 is 4.79 Å². The highest BCUT2D eigenvalue weighted by molar-refractivity contribution is 7.28. The van der Waals surface area contributed by atoms with Crippen LogP contribution < -0.4 is 0 Å². The molecule has 2 heterocycles. The summed E-state index contributed by atoms with van der Waals surface area (Å²) in [6.45, 7) is 0. The molecule has 0 fully saturated rings. The molecule has 0 aliphatic rings. The van der Waals surface area contributed by atoms with E-state index in [2.05, 4.69) is 5.92 Å². The van der Waals surface area contributed by atoms with Gasteiger partial charge in [-0.25, -0.2) is 0 Å². The van der Waals surface area contributed by atoms with Crippen LogP contribution in [0.2, 0.25) is 0 Å². The van der Waals surface area contributed by atoms with Crippen LogP contribution in [0.15, 0.2) is 17.5 Å². The lowest BCUT2D eigenvalue weighted by Gasteiger charge is -1.80. The molecule has 58 valence electrons. The average molecular weight is 192 g/mol. The van der Waals surface area contributed by atoms with Gasteiger partial charge in [0.15, 0.2) is 0 Å². The van der Waals surface area contributed by atoms with Gasteiger partial charge in [0.25, 0.3) is 0 Å². The van der Waals surface area contributed by atoms with Crippen LogP contribution in [0, 0.1) is 12.3 Å². The summed E-state index contributed by atoms with van der Waals surface area (Å²) in [4.78, 5) is 11.7. The lowest BCUT2D eigenvalue weighted by Crippen LogP contribution is -1.87. The smallest absolute Gasteiger partial charge is 0.245 e. The second-order valence-electron chi connectivity index (χ2n) is 2.23. The van der Waals surface area contributed by atoms with Crippen LogP contribution in [0.1, 0.15) is 9.67 Å². The van der Waals surface area contributed by atoms with E-state index in [1.807, 2.05) is 17.5 Å². The van der Waals surface area contributed by atoms with Crippen molar-refractivity contribution in [1.82, 2.24) is 0 Å². The lowest BCUT2D eigenvalue weighted by molar-refractivity contribution is 0.106. The van der Waals surface area contributed by atoms with Crippen LogP contribution >= 0.6 is 22.7 Å². The van der Waals surface area contributed by atoms with Gasteiger partial charge in [0.05, 0.1) is 4.88 Å². The van der Waals surface area contributed by atoms with Gasteiger partial charge in [-0.2, -0.15) is 0 Å². The summed E-state index contributed by atoms with van der Waals surface area (Å²) in [7, 11) is 0. The fourth-order valence-corrected chi connectivity index (χ4v) is 2.96. The Kier molecular flexibility index (Phi) is 1.72. The standard InChI is InChI=1S/C9H4OS2/c1-2-6(10)8-5-9-7(12-8)3-4-11-9/h1,3-5H. The molecule has 0 atom stereocenters. The molecule has 0 radical (unpaired) electrons. The third kappa shape index (κ3) is 1.06. The molecule has 0 aliphatic carbocycles. The van der Waals surface area contributed by atoms with E-state index in [0.717, 1.165) is 9.40 Å². The highest BCUT2D eigenvalue weighted by Crippen LogP contribution is 2.29. The van der Waals surface area contributed by atoms with E-state index >= 15 is 0 Å². The average Bonchev–Trinajstić information content (AvgIpc) is 2.60. The van der Waals surface area contributed by atoms with E-state index in [1.165, 1.54) is 11.3 Å². The molecule has 2 aromatic heterocycles. The Morgan fingerprint density at radius 2 is 2.33 bits per heavy atom. The van der Waals surface area contributed by atoms with Crippen LogP contribution in [-0.2, 0) is 0 Å². The number of ketones is 1. The Morgan fingerprint density at radius 3 is 3.00 bits per heavy atom. The SMILES string of the molecule is C#CC(=O)c1cc2sccc2s1. The summed E-state index contributed by atoms with van der Waals surface area (Å²) in [5.41, 5.74) is 0. The molecule has 0 aliphatic heterocycles. The number of rotatable bonds is 1. The fourth-order valence-electron chi connectivity index (χ4n) is 0.949. The fraction of sp³-hybridized carbons (Fsp3) is 0. The van der Waals surface area contributed by atoms with Crippen LogP contribution in [0.4, 0.5) is 0 Å². The van der Waals surface area contributed by atoms with Crippen molar-refractivity contribution >= 4 is 37.9 Å². The predicted molar refractivity (Wildman–Crippen MR) is 52.9 cm³/mol. The van der Waals surface area contributed by atoms with Crippen LogP contribution in [-0.4, -0.2) is 5.78 Å². The zero-order valence-electron chi connectivity index (χ0n) is 6.03. The summed E-state index contributed by atoms with van der Waals surface area (Å²) in [5, 5.41) is 2.01. The number of carbonyl (C=O) groups excluding carboxylic acids is 1. The largest absolute Gasteiger partial charge is 0.278 e. The molecule has 0 saturated carbocycles. The monoisotopic (exact) mass is 192 g/mol. The number of carbonyl (C=O) groups is 1. The third-order valence-corrected chi connectivity index (χ3v) is 3.59. The Balaban J connectivity index is 2.60. The minimum absolute atomic E-state index is 0.219. The Bertz CT molecular complexity index is 441. The quantitative estimate of drug-likeness (QED) is 0.386. The molecule has 12 heavy (non-hydrogen) atoms. The Labute approximate surface area is 77.6 Å². The van der Waals surface area contributed by atoms with Crippen molar-refractivity contribution in [3.8, 4) is 12.3 Å². The molecule has 1 nitrogen and oxygen atoms in total. The van der Waals surface area contributed by atoms with E-state index in [9.17, 15) is 4.79 Å². The van der Waals surface area contributed by atoms with Gasteiger partial charge in [-0.3, -0.25) is 4.79 Å². The van der Waals surface area contributed by atoms with Crippen LogP contribution in [0.25, 0.3) is 9.40 Å². The second kappa shape index (κ2) is 2.74. The number of hydrogen-bond donors (Lipinski definition) is 0. The molecule has 2 aromatic rings. The van der Waals surface area contributed by atoms with Gasteiger partial charge in [0.2, 0.25) is 5.78 Å². The Hall–Kier alpha value is -1.11. The number of hydrogen-bond acceptors (Lipinski definition) is 3. The van der Waals surface area contributed by atoms with Gasteiger partial charge in [0, 0.05) is 9.40 Å². The zero-order valence-corrected chi connectivity index (χ0v) is 7.67. The number of Topliss-reactive ketones (excluding diaryl/α,β-unsaturated/α-hetero) is 1. The first-order valence-corrected chi connectivity index (χ1v) is 4.99. The second-order valence-corrected chi connectivity index (χ2v) is 4.26. The minimum atomic E-state index is -0.219. The molecule has 3 heteroatoms. The van der Waals surface area contributed by atoms with E-state index in [4.69, 9.17) is 6.42 Å². The van der Waals surface area contributed by atoms with Crippen LogP contribution in [0.5, 0.6) is 0 Å². The van der Waals surface area contributed by atoms with E-state index in [1.54, 1.807) is 11.3 Å². The lowest BCUT2D eigenvalue weighted by atomic mass is 10.3. The molecule has 0 bridgehead atoms. The van der Waals surface area contributed by atoms with Gasteiger partial charge < -0.3 is 0 Å². The molecule has 0 aromatic carbocycles. The summed E-state index contributed by atoms with van der Waals surface area (Å²) in [6.07, 6.45) is 5.01. The van der Waals surface area contributed by atoms with Gasteiger partial charge >= 0.3 is 0 Å². The van der Waals surface area contributed by atoms with Crippen molar-refractivity contribution in [2.45, 2.75) is 0 Å². The maximum atomic E-state index is 11.1. The van der Waals surface area contributed by atoms with Gasteiger partial charge in [-0.05, 0) is 23.4 Å². The van der Waals surface area contributed by atoms with Crippen molar-refractivity contribution in [1.29, 1.82) is 0 Å². The van der Waals surface area contributed by atoms with Crippen molar-refractivity contribution in [3.05, 3.63) is 22.4 Å². The molecule has 2 rings (SSSR count). The highest BCUT2D eigenvalue weighted by Gasteiger charge is 2.07. The number of terminal acetylenes is 1. The highest BCUT2D eigenvalue weighted by atomic mass is 32.1. The summed E-state index contributed by atoms with van der Waals surface area (Å²) >= 11 is 3.08. The van der Waals surface area contributed by atoms with Crippen molar-refractivity contribution in [3.63, 3.8) is 0 Å². The topological polar surface area (TPSA) is 17.1 Å². The number of thiophene rings is 2. The number of fused-ring (bicyclic) bond motifs is 1. The van der Waals surface area contributed by atoms with E-state index in [0.29, 0.717) is 4.88 Å². The van der Waals surface area contributed by atoms with Crippen molar-refractivity contribution in [2.24, 2.45) is 0 Å². The summed E-state index contributed by atoms with van der Waals surface area (Å²) < 4.78 is 2.28. The summed E-state index contributed by atoms with van der Waals surface area (Å²) in [5.74, 6) is 1.89.